The van der Waals surface area contributed by atoms with Crippen LogP contribution in [0.15, 0.2) is 0 Å². The van der Waals surface area contributed by atoms with Crippen LogP contribution in [-0.4, -0.2) is 0 Å². The van der Waals surface area contributed by atoms with Crippen molar-refractivity contribution in [1.82, 2.24) is 0 Å². The molecule has 0 unspecified atom stereocenters. The van der Waals surface area contributed by atoms with Crippen molar-refractivity contribution in [3.63, 3.8) is 0 Å². The van der Waals surface area contributed by atoms with Crippen molar-refractivity contribution in [3.8, 4) is 0 Å². The van der Waals surface area contributed by atoms with Gasteiger partial charge in [0.2, 0.25) is 0 Å². The molecule has 0 fully saturated rings. The van der Waals surface area contributed by atoms with Crippen LogP contribution >= 0.6 is 0 Å². The lowest BCUT2D eigenvalue weighted by Gasteiger charge is -2.06. The molecule has 0 aliphatic carbocycles. The summed E-state index contributed by atoms with van der Waals surface area (Å²) >= 11 is 0. The highest BCUT2D eigenvalue weighted by molar-refractivity contribution is 4.58. The summed E-state index contributed by atoms with van der Waals surface area (Å²) in [6, 6.07) is 0. The summed E-state index contributed by atoms with van der Waals surface area (Å²) in [5.74, 6) is 0.705. The van der Waals surface area contributed by atoms with Crippen molar-refractivity contribution in [3.05, 3.63) is 6.92 Å². The Bertz CT molecular complexity index is 57.1. The molecule has 0 aromatic rings. The molecule has 0 saturated heterocycles. The van der Waals surface area contributed by atoms with E-state index in [-0.39, 0.29) is 0 Å². The molecule has 0 aliphatic heterocycles. The van der Waals surface area contributed by atoms with Crippen LogP contribution in [0.4, 0.5) is 0 Å². The zero-order chi connectivity index (χ0) is 7.82. The van der Waals surface area contributed by atoms with E-state index in [1.54, 1.807) is 0 Å². The summed E-state index contributed by atoms with van der Waals surface area (Å²) in [4.78, 5) is 0. The normalized spacial score (nSPS) is 13.5. The van der Waals surface area contributed by atoms with E-state index in [1.807, 2.05) is 0 Å². The molecule has 0 N–H and O–H groups in total. The molecule has 0 rings (SSSR count). The first-order valence-electron chi connectivity index (χ1n) is 4.64. The Kier molecular flexibility index (Phi) is 7.11. The van der Waals surface area contributed by atoms with Gasteiger partial charge in [-0.15, -0.1) is 0 Å². The van der Waals surface area contributed by atoms with Crippen LogP contribution in [0.2, 0.25) is 0 Å². The number of rotatable bonds is 6. The summed E-state index contributed by atoms with van der Waals surface area (Å²) in [6.45, 7) is 8.53. The number of hydrogen-bond donors (Lipinski definition) is 0. The summed E-state index contributed by atoms with van der Waals surface area (Å²) in [7, 11) is 0. The van der Waals surface area contributed by atoms with Gasteiger partial charge < -0.3 is 0 Å². The van der Waals surface area contributed by atoms with Gasteiger partial charge in [-0.3, -0.25) is 0 Å². The molecular weight excluding hydrogens is 120 g/mol. The lowest BCUT2D eigenvalue weighted by molar-refractivity contribution is 0.515. The monoisotopic (exact) mass is 141 g/mol. The topological polar surface area (TPSA) is 0 Å². The fourth-order valence-electron chi connectivity index (χ4n) is 1.06. The van der Waals surface area contributed by atoms with Gasteiger partial charge in [0.1, 0.15) is 0 Å². The third-order valence-corrected chi connectivity index (χ3v) is 2.04. The molecule has 0 heteroatoms. The Hall–Kier alpha value is 0. The fourth-order valence-corrected chi connectivity index (χ4v) is 1.06. The highest BCUT2D eigenvalue weighted by atomic mass is 14.0. The summed E-state index contributed by atoms with van der Waals surface area (Å²) in [5, 5.41) is 0. The molecule has 0 aliphatic rings. The smallest absolute Gasteiger partial charge is 0.0417 e. The number of hydrogen-bond acceptors (Lipinski definition) is 0. The largest absolute Gasteiger partial charge is 0.0654 e. The van der Waals surface area contributed by atoms with E-state index in [1.165, 1.54) is 38.5 Å². The van der Waals surface area contributed by atoms with Gasteiger partial charge in [-0.1, -0.05) is 59.3 Å². The lowest BCUT2D eigenvalue weighted by atomic mass is 10.0. The number of unbranched alkanes of at least 4 members (excludes halogenated alkanes) is 3. The molecule has 0 amide bonds. The maximum Gasteiger partial charge on any atom is -0.0417 e. The Morgan fingerprint density at radius 1 is 1.10 bits per heavy atom. The Morgan fingerprint density at radius 2 is 1.80 bits per heavy atom. The molecule has 1 atom stereocenters. The molecule has 0 bridgehead atoms. The molecule has 1 radical (unpaired) electrons. The molecule has 10 heavy (non-hydrogen) atoms. The third-order valence-electron chi connectivity index (χ3n) is 2.04. The third kappa shape index (κ3) is 6.12. The lowest BCUT2D eigenvalue weighted by Crippen LogP contribution is -1.91. The first-order chi connectivity index (χ1) is 4.81. The van der Waals surface area contributed by atoms with Crippen LogP contribution < -0.4 is 0 Å². The SMILES string of the molecule is [CH2][C@H](CC)CCCCCC. The quantitative estimate of drug-likeness (QED) is 0.493. The molecule has 0 saturated carbocycles. The standard InChI is InChI=1S/C10H21/c1-4-6-7-8-9-10(3)5-2/h10H,3-9H2,1-2H3/t10-/m1/s1. The highest BCUT2D eigenvalue weighted by Gasteiger charge is 1.96. The van der Waals surface area contributed by atoms with Gasteiger partial charge in [0.25, 0.3) is 0 Å². The van der Waals surface area contributed by atoms with Crippen LogP contribution in [-0.2, 0) is 0 Å². The fraction of sp³-hybridized carbons (Fsp3) is 0.900. The minimum atomic E-state index is 0.705. The Labute approximate surface area is 66.0 Å². The van der Waals surface area contributed by atoms with E-state index in [0.29, 0.717) is 5.92 Å². The van der Waals surface area contributed by atoms with E-state index >= 15 is 0 Å². The van der Waals surface area contributed by atoms with Crippen LogP contribution in [0, 0.1) is 12.8 Å². The minimum Gasteiger partial charge on any atom is -0.0654 e. The van der Waals surface area contributed by atoms with Gasteiger partial charge in [0, 0.05) is 0 Å². The molecule has 61 valence electrons. The van der Waals surface area contributed by atoms with Crippen LogP contribution in [0.1, 0.15) is 52.4 Å². The van der Waals surface area contributed by atoms with Crippen molar-refractivity contribution >= 4 is 0 Å². The predicted octanol–water partition coefficient (Wildman–Crippen LogP) is 3.82. The van der Waals surface area contributed by atoms with Crippen LogP contribution in [0.25, 0.3) is 0 Å². The average Bonchev–Trinajstić information content (AvgIpc) is 1.98. The maximum atomic E-state index is 4.05. The second-order valence-electron chi connectivity index (χ2n) is 3.12. The van der Waals surface area contributed by atoms with E-state index in [4.69, 9.17) is 0 Å². The van der Waals surface area contributed by atoms with E-state index in [9.17, 15) is 0 Å². The highest BCUT2D eigenvalue weighted by Crippen LogP contribution is 2.12. The summed E-state index contributed by atoms with van der Waals surface area (Å²) in [6.07, 6.45) is 8.10. The first kappa shape index (κ1) is 10.0. The maximum absolute atomic E-state index is 4.05. The zero-order valence-corrected chi connectivity index (χ0v) is 7.53. The average molecular weight is 141 g/mol. The van der Waals surface area contributed by atoms with Gasteiger partial charge in [-0.25, -0.2) is 0 Å². The molecule has 0 nitrogen and oxygen atoms in total. The summed E-state index contributed by atoms with van der Waals surface area (Å²) < 4.78 is 0. The first-order valence-corrected chi connectivity index (χ1v) is 4.64. The van der Waals surface area contributed by atoms with Gasteiger partial charge in [0.05, 0.1) is 0 Å². The van der Waals surface area contributed by atoms with Crippen LogP contribution in [0.5, 0.6) is 0 Å². The van der Waals surface area contributed by atoms with Crippen molar-refractivity contribution in [1.29, 1.82) is 0 Å². The Morgan fingerprint density at radius 3 is 2.30 bits per heavy atom. The predicted molar refractivity (Wildman–Crippen MR) is 47.9 cm³/mol. The van der Waals surface area contributed by atoms with Crippen molar-refractivity contribution < 1.29 is 0 Å². The molecule has 0 aromatic carbocycles. The van der Waals surface area contributed by atoms with Crippen molar-refractivity contribution in [2.45, 2.75) is 52.4 Å². The summed E-state index contributed by atoms with van der Waals surface area (Å²) in [5.41, 5.74) is 0. The van der Waals surface area contributed by atoms with E-state index in [0.717, 1.165) is 0 Å². The Balaban J connectivity index is 2.89. The molecular formula is C10H21. The van der Waals surface area contributed by atoms with Gasteiger partial charge in [-0.2, -0.15) is 0 Å². The molecule has 0 heterocycles. The van der Waals surface area contributed by atoms with E-state index in [2.05, 4.69) is 20.8 Å². The van der Waals surface area contributed by atoms with Gasteiger partial charge >= 0.3 is 0 Å². The van der Waals surface area contributed by atoms with E-state index < -0.39 is 0 Å². The van der Waals surface area contributed by atoms with Gasteiger partial charge in [-0.05, 0) is 5.92 Å². The zero-order valence-electron chi connectivity index (χ0n) is 7.53. The molecule has 0 aromatic heterocycles. The van der Waals surface area contributed by atoms with Crippen molar-refractivity contribution in [2.75, 3.05) is 0 Å². The van der Waals surface area contributed by atoms with Crippen LogP contribution in [0.3, 0.4) is 0 Å². The van der Waals surface area contributed by atoms with Crippen molar-refractivity contribution in [2.24, 2.45) is 5.92 Å². The van der Waals surface area contributed by atoms with Gasteiger partial charge in [0.15, 0.2) is 0 Å². The second kappa shape index (κ2) is 7.11. The minimum absolute atomic E-state index is 0.705. The molecule has 0 spiro atoms. The second-order valence-corrected chi connectivity index (χ2v) is 3.12.